The van der Waals surface area contributed by atoms with Crippen LogP contribution in [-0.2, 0) is 27.2 Å². The molecule has 0 amide bonds. The summed E-state index contributed by atoms with van der Waals surface area (Å²) in [4.78, 5) is 24.7. The Morgan fingerprint density at radius 3 is 2.50 bits per heavy atom. The summed E-state index contributed by atoms with van der Waals surface area (Å²) < 4.78 is 12.4. The molecule has 0 spiro atoms. The fraction of sp³-hybridized carbons (Fsp3) is 0.304. The van der Waals surface area contributed by atoms with Crippen molar-refractivity contribution < 1.29 is 19.1 Å². The fourth-order valence-corrected chi connectivity index (χ4v) is 3.40. The first-order valence-corrected chi connectivity index (χ1v) is 9.31. The van der Waals surface area contributed by atoms with Gasteiger partial charge in [-0.15, -0.1) is 0 Å². The zero-order chi connectivity index (χ0) is 20.1. The van der Waals surface area contributed by atoms with Crippen LogP contribution in [0.3, 0.4) is 0 Å². The fourth-order valence-electron chi connectivity index (χ4n) is 3.40. The lowest BCUT2D eigenvalue weighted by atomic mass is 10.1. The highest BCUT2D eigenvalue weighted by Crippen LogP contribution is 2.17. The van der Waals surface area contributed by atoms with Crippen molar-refractivity contribution >= 4 is 22.5 Å². The molecule has 5 nitrogen and oxygen atoms in total. The van der Waals surface area contributed by atoms with Gasteiger partial charge in [0.25, 0.3) is 0 Å². The van der Waals surface area contributed by atoms with E-state index in [0.717, 1.165) is 27.7 Å². The third kappa shape index (κ3) is 4.49. The third-order valence-electron chi connectivity index (χ3n) is 4.92. The van der Waals surface area contributed by atoms with Crippen LogP contribution in [0.1, 0.15) is 27.3 Å². The Morgan fingerprint density at radius 1 is 1.00 bits per heavy atom. The Bertz CT molecular complexity index is 1000. The highest BCUT2D eigenvalue weighted by molar-refractivity contribution is 5.99. The molecule has 0 saturated carbocycles. The number of carbonyl (C=O) groups excluding carboxylic acids is 2. The largest absolute Gasteiger partial charge is 0.457 e. The quantitative estimate of drug-likeness (QED) is 0.440. The molecule has 0 aliphatic heterocycles. The second kappa shape index (κ2) is 8.85. The van der Waals surface area contributed by atoms with Gasteiger partial charge in [-0.2, -0.15) is 0 Å². The lowest BCUT2D eigenvalue weighted by molar-refractivity contribution is -0.141. The molecule has 28 heavy (non-hydrogen) atoms. The van der Waals surface area contributed by atoms with Crippen molar-refractivity contribution in [2.45, 2.75) is 26.8 Å². The van der Waals surface area contributed by atoms with Gasteiger partial charge in [0.05, 0.1) is 13.0 Å². The van der Waals surface area contributed by atoms with Crippen molar-refractivity contribution in [2.75, 3.05) is 20.3 Å². The maximum atomic E-state index is 12.5. The first-order valence-electron chi connectivity index (χ1n) is 9.31. The van der Waals surface area contributed by atoms with E-state index in [1.54, 1.807) is 7.11 Å². The van der Waals surface area contributed by atoms with E-state index in [4.69, 9.17) is 9.47 Å². The minimum atomic E-state index is -0.406. The first kappa shape index (κ1) is 19.8. The van der Waals surface area contributed by atoms with E-state index in [0.29, 0.717) is 18.7 Å². The minimum absolute atomic E-state index is 0.144. The number of hydrogen-bond acceptors (Lipinski definition) is 4. The molecule has 0 fully saturated rings. The normalized spacial score (nSPS) is 11.0. The molecule has 146 valence electrons. The Hall–Kier alpha value is -2.92. The number of ether oxygens (including phenoxy) is 2. The predicted molar refractivity (Wildman–Crippen MR) is 109 cm³/mol. The molecule has 3 aromatic rings. The lowest BCUT2D eigenvalue weighted by Crippen LogP contribution is -2.16. The number of methoxy groups -OCH3 is 1. The predicted octanol–water partition coefficient (Wildman–Crippen LogP) is 3.87. The molecule has 5 heteroatoms. The summed E-state index contributed by atoms with van der Waals surface area (Å²) in [5, 5.41) is 2.20. The molecule has 0 unspecified atom stereocenters. The maximum Gasteiger partial charge on any atom is 0.310 e. The molecule has 0 atom stereocenters. The van der Waals surface area contributed by atoms with Crippen LogP contribution in [0, 0.1) is 13.8 Å². The number of fused-ring (bicyclic) bond motifs is 1. The third-order valence-corrected chi connectivity index (χ3v) is 4.92. The topological polar surface area (TPSA) is 57.5 Å². The van der Waals surface area contributed by atoms with E-state index < -0.39 is 5.97 Å². The van der Waals surface area contributed by atoms with E-state index in [9.17, 15) is 9.59 Å². The molecular formula is C23H25NO4. The molecule has 0 N–H and O–H groups in total. The standard InChI is InChI=1S/C23H25NO4/c1-16-12-21(17(2)24(16)10-11-27-3)22(25)15-28-23(26)14-18-8-9-19-6-4-5-7-20(19)13-18/h4-9,12-13H,10-11,14-15H2,1-3H3. The smallest absolute Gasteiger partial charge is 0.310 e. The summed E-state index contributed by atoms with van der Waals surface area (Å²) in [5.41, 5.74) is 3.31. The van der Waals surface area contributed by atoms with Crippen molar-refractivity contribution in [2.24, 2.45) is 0 Å². The van der Waals surface area contributed by atoms with Crippen LogP contribution in [0.5, 0.6) is 0 Å². The Morgan fingerprint density at radius 2 is 1.75 bits per heavy atom. The molecular weight excluding hydrogens is 354 g/mol. The molecule has 0 bridgehead atoms. The van der Waals surface area contributed by atoms with E-state index in [1.165, 1.54) is 0 Å². The molecule has 2 aromatic carbocycles. The van der Waals surface area contributed by atoms with Gasteiger partial charge >= 0.3 is 5.97 Å². The summed E-state index contributed by atoms with van der Waals surface area (Å²) in [6.07, 6.45) is 0.144. The van der Waals surface area contributed by atoms with Gasteiger partial charge in [0, 0.05) is 30.6 Å². The number of aryl methyl sites for hydroxylation is 1. The van der Waals surface area contributed by atoms with Gasteiger partial charge in [-0.1, -0.05) is 42.5 Å². The van der Waals surface area contributed by atoms with Gasteiger partial charge in [0.1, 0.15) is 0 Å². The molecule has 0 aliphatic carbocycles. The van der Waals surface area contributed by atoms with Crippen LogP contribution in [0.25, 0.3) is 10.8 Å². The number of rotatable bonds is 8. The highest BCUT2D eigenvalue weighted by Gasteiger charge is 2.17. The molecule has 1 heterocycles. The van der Waals surface area contributed by atoms with E-state index in [1.807, 2.05) is 66.9 Å². The molecule has 1 aromatic heterocycles. The number of carbonyl (C=O) groups is 2. The van der Waals surface area contributed by atoms with Gasteiger partial charge in [0.15, 0.2) is 6.61 Å². The summed E-state index contributed by atoms with van der Waals surface area (Å²) in [6, 6.07) is 15.7. The number of ketones is 1. The Labute approximate surface area is 164 Å². The van der Waals surface area contributed by atoms with Crippen molar-refractivity contribution in [3.63, 3.8) is 0 Å². The minimum Gasteiger partial charge on any atom is -0.457 e. The number of esters is 1. The first-order chi connectivity index (χ1) is 13.5. The average Bonchev–Trinajstić information content (AvgIpc) is 2.98. The zero-order valence-electron chi connectivity index (χ0n) is 16.5. The molecule has 3 rings (SSSR count). The second-order valence-corrected chi connectivity index (χ2v) is 6.87. The summed E-state index contributed by atoms with van der Waals surface area (Å²) >= 11 is 0. The van der Waals surface area contributed by atoms with E-state index in [2.05, 4.69) is 0 Å². The van der Waals surface area contributed by atoms with Gasteiger partial charge in [-0.3, -0.25) is 9.59 Å². The molecule has 0 saturated heterocycles. The van der Waals surface area contributed by atoms with Crippen LogP contribution < -0.4 is 0 Å². The van der Waals surface area contributed by atoms with Crippen molar-refractivity contribution in [1.82, 2.24) is 4.57 Å². The van der Waals surface area contributed by atoms with Crippen LogP contribution in [0.2, 0.25) is 0 Å². The summed E-state index contributed by atoms with van der Waals surface area (Å²) in [6.45, 7) is 4.85. The lowest BCUT2D eigenvalue weighted by Gasteiger charge is -2.09. The van der Waals surface area contributed by atoms with Crippen LogP contribution in [0.4, 0.5) is 0 Å². The number of hydrogen-bond donors (Lipinski definition) is 0. The second-order valence-electron chi connectivity index (χ2n) is 6.87. The van der Waals surface area contributed by atoms with Crippen molar-refractivity contribution in [1.29, 1.82) is 0 Å². The van der Waals surface area contributed by atoms with Gasteiger partial charge in [0.2, 0.25) is 5.78 Å². The number of benzene rings is 2. The summed E-state index contributed by atoms with van der Waals surface area (Å²) in [7, 11) is 1.65. The highest BCUT2D eigenvalue weighted by atomic mass is 16.5. The van der Waals surface area contributed by atoms with Crippen molar-refractivity contribution in [3.8, 4) is 0 Å². The van der Waals surface area contributed by atoms with Gasteiger partial charge in [-0.05, 0) is 36.2 Å². The SMILES string of the molecule is COCCn1c(C)cc(C(=O)COC(=O)Cc2ccc3ccccc3c2)c1C. The Kier molecular flexibility index (Phi) is 6.26. The van der Waals surface area contributed by atoms with Crippen LogP contribution in [-0.4, -0.2) is 36.6 Å². The Balaban J connectivity index is 1.60. The number of nitrogens with zero attached hydrogens (tertiary/aromatic N) is 1. The van der Waals surface area contributed by atoms with E-state index >= 15 is 0 Å². The number of Topliss-reactive ketones (excluding diaryl/α,β-unsaturated/α-hetero) is 1. The maximum absolute atomic E-state index is 12.5. The average molecular weight is 379 g/mol. The monoisotopic (exact) mass is 379 g/mol. The molecule has 0 radical (unpaired) electrons. The summed E-state index contributed by atoms with van der Waals surface area (Å²) in [5.74, 6) is -0.597. The van der Waals surface area contributed by atoms with Gasteiger partial charge in [-0.25, -0.2) is 0 Å². The van der Waals surface area contributed by atoms with E-state index in [-0.39, 0.29) is 18.8 Å². The zero-order valence-corrected chi connectivity index (χ0v) is 16.5. The van der Waals surface area contributed by atoms with Crippen LogP contribution in [0.15, 0.2) is 48.5 Å². The number of aromatic nitrogens is 1. The van der Waals surface area contributed by atoms with Crippen LogP contribution >= 0.6 is 0 Å². The van der Waals surface area contributed by atoms with Crippen molar-refractivity contribution in [3.05, 3.63) is 71.0 Å². The van der Waals surface area contributed by atoms with Gasteiger partial charge < -0.3 is 14.0 Å². The molecule has 0 aliphatic rings.